The van der Waals surface area contributed by atoms with Crippen LogP contribution in [0.5, 0.6) is 0 Å². The number of rotatable bonds is 7. The number of halogens is 2. The van der Waals surface area contributed by atoms with E-state index in [0.29, 0.717) is 11.4 Å². The van der Waals surface area contributed by atoms with Gasteiger partial charge in [0.05, 0.1) is 6.10 Å². The van der Waals surface area contributed by atoms with Gasteiger partial charge in [-0.1, -0.05) is 11.6 Å². The van der Waals surface area contributed by atoms with Crippen molar-refractivity contribution >= 4 is 11.6 Å². The first-order chi connectivity index (χ1) is 8.56. The van der Waals surface area contributed by atoms with Crippen molar-refractivity contribution in [2.75, 3.05) is 7.11 Å². The van der Waals surface area contributed by atoms with Crippen molar-refractivity contribution in [1.29, 1.82) is 0 Å². The molecule has 0 fully saturated rings. The van der Waals surface area contributed by atoms with E-state index in [1.54, 1.807) is 13.2 Å². The van der Waals surface area contributed by atoms with Crippen LogP contribution in [0, 0.1) is 5.82 Å². The maximum atomic E-state index is 13.1. The Morgan fingerprint density at radius 3 is 2.78 bits per heavy atom. The lowest BCUT2D eigenvalue weighted by Crippen LogP contribution is -2.37. The van der Waals surface area contributed by atoms with Crippen LogP contribution in [0.2, 0.25) is 5.02 Å². The number of hydrogen-bond donors (Lipinski definition) is 2. The van der Waals surface area contributed by atoms with Gasteiger partial charge in [0.2, 0.25) is 0 Å². The predicted molar refractivity (Wildman–Crippen MR) is 71.9 cm³/mol. The molecule has 0 saturated carbocycles. The van der Waals surface area contributed by atoms with E-state index in [9.17, 15) is 4.39 Å². The average molecular weight is 275 g/mol. The van der Waals surface area contributed by atoms with Crippen molar-refractivity contribution < 1.29 is 9.13 Å². The van der Waals surface area contributed by atoms with Gasteiger partial charge in [-0.2, -0.15) is 0 Å². The maximum absolute atomic E-state index is 13.1. The number of methoxy groups -OCH3 is 1. The zero-order valence-corrected chi connectivity index (χ0v) is 11.5. The zero-order valence-electron chi connectivity index (χ0n) is 10.7. The summed E-state index contributed by atoms with van der Waals surface area (Å²) in [4.78, 5) is 0. The second-order valence-electron chi connectivity index (χ2n) is 4.43. The highest BCUT2D eigenvalue weighted by atomic mass is 35.5. The monoisotopic (exact) mass is 274 g/mol. The summed E-state index contributed by atoms with van der Waals surface area (Å²) < 4.78 is 18.3. The second kappa shape index (κ2) is 7.69. The minimum atomic E-state index is -0.282. The van der Waals surface area contributed by atoms with E-state index in [0.717, 1.165) is 18.4 Å². The SMILES string of the molecule is COC(C)CCC(Cc1cc(F)ccc1Cl)NN. The lowest BCUT2D eigenvalue weighted by atomic mass is 10.0. The highest BCUT2D eigenvalue weighted by Crippen LogP contribution is 2.20. The van der Waals surface area contributed by atoms with Crippen LogP contribution in [0.1, 0.15) is 25.3 Å². The van der Waals surface area contributed by atoms with Crippen LogP contribution in [0.15, 0.2) is 18.2 Å². The molecule has 0 bridgehead atoms. The van der Waals surface area contributed by atoms with Gasteiger partial charge in [0.25, 0.3) is 0 Å². The number of hydrogen-bond acceptors (Lipinski definition) is 3. The van der Waals surface area contributed by atoms with Crippen LogP contribution >= 0.6 is 11.6 Å². The lowest BCUT2D eigenvalue weighted by Gasteiger charge is -2.18. The highest BCUT2D eigenvalue weighted by molar-refractivity contribution is 6.31. The zero-order chi connectivity index (χ0) is 13.5. The largest absolute Gasteiger partial charge is 0.382 e. The van der Waals surface area contributed by atoms with E-state index < -0.39 is 0 Å². The Hall–Kier alpha value is -0.680. The predicted octanol–water partition coefficient (Wildman–Crippen LogP) is 2.67. The minimum absolute atomic E-state index is 0.0573. The van der Waals surface area contributed by atoms with Crippen LogP contribution in [0.4, 0.5) is 4.39 Å². The Morgan fingerprint density at radius 2 is 2.17 bits per heavy atom. The molecule has 102 valence electrons. The molecule has 1 aromatic carbocycles. The molecule has 0 aliphatic carbocycles. The van der Waals surface area contributed by atoms with Crippen molar-refractivity contribution in [3.8, 4) is 0 Å². The third kappa shape index (κ3) is 4.90. The summed E-state index contributed by atoms with van der Waals surface area (Å²) in [7, 11) is 1.68. The maximum Gasteiger partial charge on any atom is 0.123 e. The molecule has 3 nitrogen and oxygen atoms in total. The summed E-state index contributed by atoms with van der Waals surface area (Å²) in [6.07, 6.45) is 2.52. The van der Waals surface area contributed by atoms with Crippen molar-refractivity contribution in [2.24, 2.45) is 5.84 Å². The van der Waals surface area contributed by atoms with Gasteiger partial charge >= 0.3 is 0 Å². The molecule has 1 aromatic rings. The molecule has 18 heavy (non-hydrogen) atoms. The van der Waals surface area contributed by atoms with Gasteiger partial charge in [-0.25, -0.2) is 4.39 Å². The summed E-state index contributed by atoms with van der Waals surface area (Å²) in [5.74, 6) is 5.23. The Morgan fingerprint density at radius 1 is 1.44 bits per heavy atom. The molecule has 0 heterocycles. The molecule has 0 aliphatic heterocycles. The van der Waals surface area contributed by atoms with E-state index >= 15 is 0 Å². The smallest absolute Gasteiger partial charge is 0.123 e. The number of nitrogens with two attached hydrogens (primary N) is 1. The van der Waals surface area contributed by atoms with Gasteiger partial charge in [0.15, 0.2) is 0 Å². The molecular weight excluding hydrogens is 255 g/mol. The Labute approximate surface area is 112 Å². The van der Waals surface area contributed by atoms with E-state index in [-0.39, 0.29) is 18.0 Å². The van der Waals surface area contributed by atoms with Gasteiger partial charge < -0.3 is 4.74 Å². The van der Waals surface area contributed by atoms with Crippen LogP contribution in [-0.4, -0.2) is 19.3 Å². The first-order valence-corrected chi connectivity index (χ1v) is 6.37. The summed E-state index contributed by atoms with van der Waals surface area (Å²) in [6, 6.07) is 4.43. The summed E-state index contributed by atoms with van der Waals surface area (Å²) in [6.45, 7) is 2.00. The second-order valence-corrected chi connectivity index (χ2v) is 4.83. The van der Waals surface area contributed by atoms with Crippen molar-refractivity contribution in [1.82, 2.24) is 5.43 Å². The van der Waals surface area contributed by atoms with Crippen LogP contribution in [0.25, 0.3) is 0 Å². The molecule has 2 unspecified atom stereocenters. The highest BCUT2D eigenvalue weighted by Gasteiger charge is 2.12. The van der Waals surface area contributed by atoms with Crippen molar-refractivity contribution in [3.63, 3.8) is 0 Å². The molecule has 0 aliphatic rings. The third-order valence-electron chi connectivity index (χ3n) is 3.03. The van der Waals surface area contributed by atoms with Crippen LogP contribution in [0.3, 0.4) is 0 Å². The summed E-state index contributed by atoms with van der Waals surface area (Å²) in [5, 5.41) is 0.566. The molecule has 0 spiro atoms. The number of benzene rings is 1. The van der Waals surface area contributed by atoms with Gasteiger partial charge in [0, 0.05) is 18.2 Å². The van der Waals surface area contributed by atoms with Gasteiger partial charge in [-0.15, -0.1) is 0 Å². The van der Waals surface area contributed by atoms with Crippen LogP contribution in [-0.2, 0) is 11.2 Å². The first kappa shape index (κ1) is 15.4. The van der Waals surface area contributed by atoms with Crippen LogP contribution < -0.4 is 11.3 Å². The molecule has 0 aromatic heterocycles. The molecule has 1 rings (SSSR count). The van der Waals surface area contributed by atoms with Crippen molar-refractivity contribution in [2.45, 2.75) is 38.3 Å². The quantitative estimate of drug-likeness (QED) is 0.594. The van der Waals surface area contributed by atoms with Gasteiger partial charge in [-0.3, -0.25) is 11.3 Å². The summed E-state index contributed by atoms with van der Waals surface area (Å²) >= 11 is 6.03. The molecular formula is C13H20ClFN2O. The first-order valence-electron chi connectivity index (χ1n) is 5.99. The van der Waals surface area contributed by atoms with Gasteiger partial charge in [-0.05, 0) is 49.9 Å². The topological polar surface area (TPSA) is 47.3 Å². The molecule has 0 amide bonds. The molecule has 0 radical (unpaired) electrons. The summed E-state index contributed by atoms with van der Waals surface area (Å²) in [5.41, 5.74) is 3.51. The Balaban J connectivity index is 2.59. The van der Waals surface area contributed by atoms with E-state index in [2.05, 4.69) is 5.43 Å². The molecule has 0 saturated heterocycles. The average Bonchev–Trinajstić information content (AvgIpc) is 2.37. The fraction of sp³-hybridized carbons (Fsp3) is 0.538. The van der Waals surface area contributed by atoms with Crippen molar-refractivity contribution in [3.05, 3.63) is 34.6 Å². The normalized spacial score (nSPS) is 14.5. The number of hydrazine groups is 1. The molecule has 5 heteroatoms. The van der Waals surface area contributed by atoms with Gasteiger partial charge in [0.1, 0.15) is 5.82 Å². The van der Waals surface area contributed by atoms with E-state index in [1.807, 2.05) is 6.92 Å². The number of ether oxygens (including phenoxy) is 1. The standard InChI is InChI=1S/C13H20ClFN2O/c1-9(18-2)3-5-12(17-16)8-10-7-11(15)4-6-13(10)14/h4,6-7,9,12,17H,3,5,8,16H2,1-2H3. The van der Waals surface area contributed by atoms with E-state index in [1.165, 1.54) is 12.1 Å². The fourth-order valence-corrected chi connectivity index (χ4v) is 1.96. The Bertz CT molecular complexity index is 376. The number of nitrogens with one attached hydrogen (secondary N) is 1. The molecule has 2 atom stereocenters. The minimum Gasteiger partial charge on any atom is -0.382 e. The lowest BCUT2D eigenvalue weighted by molar-refractivity contribution is 0.106. The van der Waals surface area contributed by atoms with E-state index in [4.69, 9.17) is 22.2 Å². The molecule has 3 N–H and O–H groups in total. The third-order valence-corrected chi connectivity index (χ3v) is 3.40. The Kier molecular flexibility index (Phi) is 6.57. The fourth-order valence-electron chi connectivity index (χ4n) is 1.76.